The van der Waals surface area contributed by atoms with Crippen LogP contribution in [0.25, 0.3) is 5.82 Å². The largest absolute Gasteiger partial charge is 0.435 e. The molecule has 0 atom stereocenters. The van der Waals surface area contributed by atoms with Crippen molar-refractivity contribution < 1.29 is 18.4 Å². The molecule has 0 saturated carbocycles. The number of hydrogen-bond donors (Lipinski definition) is 2. The van der Waals surface area contributed by atoms with E-state index in [0.717, 1.165) is 16.9 Å². The summed E-state index contributed by atoms with van der Waals surface area (Å²) >= 11 is 0. The van der Waals surface area contributed by atoms with Crippen molar-refractivity contribution in [2.45, 2.75) is 13.1 Å². The minimum absolute atomic E-state index is 0.174. The van der Waals surface area contributed by atoms with Gasteiger partial charge in [0.1, 0.15) is 0 Å². The Kier molecular flexibility index (Phi) is 3.16. The molecule has 10 heteroatoms. The first kappa shape index (κ1) is 13.9. The van der Waals surface area contributed by atoms with Crippen LogP contribution in [0.3, 0.4) is 0 Å². The second-order valence-corrected chi connectivity index (χ2v) is 4.04. The molecule has 7 nitrogen and oxygen atoms in total. The minimum atomic E-state index is -4.55. The summed E-state index contributed by atoms with van der Waals surface area (Å²) in [5, 5.41) is 19.1. The van der Waals surface area contributed by atoms with Gasteiger partial charge in [0, 0.05) is 13.2 Å². The lowest BCUT2D eigenvalue weighted by molar-refractivity contribution is -0.141. The molecule has 2 heterocycles. The van der Waals surface area contributed by atoms with Gasteiger partial charge in [-0.2, -0.15) is 23.4 Å². The van der Waals surface area contributed by atoms with Gasteiger partial charge in [0.25, 0.3) is 0 Å². The van der Waals surface area contributed by atoms with Gasteiger partial charge in [-0.05, 0) is 13.0 Å². The number of oxime groups is 1. The van der Waals surface area contributed by atoms with Gasteiger partial charge in [-0.15, -0.1) is 0 Å². The molecule has 0 aliphatic carbocycles. The van der Waals surface area contributed by atoms with E-state index in [1.54, 1.807) is 6.92 Å². The molecule has 0 fully saturated rings. The van der Waals surface area contributed by atoms with E-state index in [0.29, 0.717) is 5.69 Å². The summed E-state index contributed by atoms with van der Waals surface area (Å²) in [5.41, 5.74) is 5.10. The van der Waals surface area contributed by atoms with E-state index in [-0.39, 0.29) is 17.2 Å². The van der Waals surface area contributed by atoms with Crippen molar-refractivity contribution in [3.8, 4) is 5.82 Å². The number of alkyl halides is 3. The first-order chi connectivity index (χ1) is 9.25. The summed E-state index contributed by atoms with van der Waals surface area (Å²) in [6.45, 7) is 1.59. The fraction of sp³-hybridized carbons (Fsp3) is 0.300. The number of aryl methyl sites for hydroxylation is 2. The summed E-state index contributed by atoms with van der Waals surface area (Å²) in [6.07, 6.45) is -3.41. The van der Waals surface area contributed by atoms with Crippen LogP contribution in [-0.4, -0.2) is 30.6 Å². The Morgan fingerprint density at radius 3 is 2.55 bits per heavy atom. The Bertz CT molecular complexity index is 669. The van der Waals surface area contributed by atoms with E-state index in [4.69, 9.17) is 10.9 Å². The zero-order valence-corrected chi connectivity index (χ0v) is 10.5. The molecule has 0 saturated heterocycles. The van der Waals surface area contributed by atoms with Crippen LogP contribution in [0.15, 0.2) is 17.4 Å². The summed E-state index contributed by atoms with van der Waals surface area (Å²) in [4.78, 5) is 0. The topological polar surface area (TPSA) is 94.2 Å². The van der Waals surface area contributed by atoms with Gasteiger partial charge in [0.05, 0.1) is 11.3 Å². The Morgan fingerprint density at radius 1 is 1.40 bits per heavy atom. The van der Waals surface area contributed by atoms with Crippen molar-refractivity contribution in [1.82, 2.24) is 19.6 Å². The molecule has 0 unspecified atom stereocenters. The molecule has 2 aromatic rings. The maximum atomic E-state index is 12.6. The van der Waals surface area contributed by atoms with Gasteiger partial charge in [0.2, 0.25) is 0 Å². The lowest BCUT2D eigenvalue weighted by Crippen LogP contribution is -2.18. The lowest BCUT2D eigenvalue weighted by Gasteiger charge is -2.06. The van der Waals surface area contributed by atoms with E-state index in [1.165, 1.54) is 11.7 Å². The summed E-state index contributed by atoms with van der Waals surface area (Å²) in [6, 6.07) is 0.832. The molecule has 2 rings (SSSR count). The first-order valence-corrected chi connectivity index (χ1v) is 5.40. The average Bonchev–Trinajstić information content (AvgIpc) is 2.92. The summed E-state index contributed by atoms with van der Waals surface area (Å²) in [7, 11) is 1.52. The SMILES string of the molecule is Cc1nn(C)c(-n2ccc(C(F)(F)F)n2)c1C(N)=NO. The first-order valence-electron chi connectivity index (χ1n) is 5.40. The lowest BCUT2D eigenvalue weighted by atomic mass is 10.2. The average molecular weight is 288 g/mol. The Hall–Kier alpha value is -2.52. The van der Waals surface area contributed by atoms with Crippen molar-refractivity contribution in [2.75, 3.05) is 0 Å². The molecule has 0 amide bonds. The zero-order chi connectivity index (χ0) is 15.1. The van der Waals surface area contributed by atoms with Crippen LogP contribution in [-0.2, 0) is 13.2 Å². The molecule has 0 bridgehead atoms. The van der Waals surface area contributed by atoms with Crippen LogP contribution in [0.4, 0.5) is 13.2 Å². The molecular weight excluding hydrogens is 277 g/mol. The highest BCUT2D eigenvalue weighted by atomic mass is 19.4. The van der Waals surface area contributed by atoms with Crippen molar-refractivity contribution >= 4 is 5.84 Å². The smallest absolute Gasteiger partial charge is 0.409 e. The Morgan fingerprint density at radius 2 is 2.05 bits per heavy atom. The van der Waals surface area contributed by atoms with Crippen LogP contribution < -0.4 is 5.73 Å². The molecule has 0 spiro atoms. The fourth-order valence-corrected chi connectivity index (χ4v) is 1.85. The van der Waals surface area contributed by atoms with Gasteiger partial charge >= 0.3 is 6.18 Å². The summed E-state index contributed by atoms with van der Waals surface area (Å²) in [5.74, 6) is -0.0806. The number of rotatable bonds is 2. The van der Waals surface area contributed by atoms with Crippen molar-refractivity contribution in [3.63, 3.8) is 0 Å². The number of hydrogen-bond acceptors (Lipinski definition) is 4. The molecule has 2 aromatic heterocycles. The predicted octanol–water partition coefficient (Wildman–Crippen LogP) is 1.03. The van der Waals surface area contributed by atoms with E-state index in [9.17, 15) is 13.2 Å². The fourth-order valence-electron chi connectivity index (χ4n) is 1.85. The maximum Gasteiger partial charge on any atom is 0.435 e. The van der Waals surface area contributed by atoms with Gasteiger partial charge in [0.15, 0.2) is 17.3 Å². The second-order valence-electron chi connectivity index (χ2n) is 4.04. The third kappa shape index (κ3) is 2.19. The van der Waals surface area contributed by atoms with Crippen LogP contribution in [0.2, 0.25) is 0 Å². The van der Waals surface area contributed by atoms with Crippen LogP contribution in [0, 0.1) is 6.92 Å². The molecular formula is C10H11F3N6O. The highest BCUT2D eigenvalue weighted by Gasteiger charge is 2.34. The highest BCUT2D eigenvalue weighted by molar-refractivity contribution is 6.00. The zero-order valence-electron chi connectivity index (χ0n) is 10.5. The monoisotopic (exact) mass is 288 g/mol. The van der Waals surface area contributed by atoms with Crippen LogP contribution >= 0.6 is 0 Å². The predicted molar refractivity (Wildman–Crippen MR) is 62.6 cm³/mol. The van der Waals surface area contributed by atoms with E-state index < -0.39 is 11.9 Å². The highest BCUT2D eigenvalue weighted by Crippen LogP contribution is 2.28. The molecule has 0 aliphatic rings. The summed E-state index contributed by atoms with van der Waals surface area (Å²) < 4.78 is 40.0. The van der Waals surface area contributed by atoms with Crippen molar-refractivity contribution in [1.29, 1.82) is 0 Å². The number of halogens is 3. The van der Waals surface area contributed by atoms with Crippen LogP contribution in [0.5, 0.6) is 0 Å². The molecule has 108 valence electrons. The number of nitrogens with zero attached hydrogens (tertiary/aromatic N) is 5. The number of nitrogens with two attached hydrogens (primary N) is 1. The number of aromatic nitrogens is 4. The van der Waals surface area contributed by atoms with Crippen molar-refractivity contribution in [2.24, 2.45) is 17.9 Å². The maximum absolute atomic E-state index is 12.6. The van der Waals surface area contributed by atoms with Gasteiger partial charge in [-0.3, -0.25) is 4.68 Å². The van der Waals surface area contributed by atoms with Gasteiger partial charge in [-0.25, -0.2) is 4.68 Å². The van der Waals surface area contributed by atoms with E-state index >= 15 is 0 Å². The minimum Gasteiger partial charge on any atom is -0.409 e. The van der Waals surface area contributed by atoms with Gasteiger partial charge in [-0.1, -0.05) is 5.16 Å². The molecule has 20 heavy (non-hydrogen) atoms. The molecule has 3 N–H and O–H groups in total. The van der Waals surface area contributed by atoms with Crippen molar-refractivity contribution in [3.05, 3.63) is 29.2 Å². The molecule has 0 aromatic carbocycles. The third-order valence-corrected chi connectivity index (χ3v) is 2.65. The van der Waals surface area contributed by atoms with E-state index in [2.05, 4.69) is 15.4 Å². The normalized spacial score (nSPS) is 12.9. The molecule has 0 aliphatic heterocycles. The van der Waals surface area contributed by atoms with E-state index in [1.807, 2.05) is 0 Å². The Labute approximate surface area is 111 Å². The standard InChI is InChI=1S/C10H11F3N6O/c1-5-7(8(14)17-20)9(18(2)15-5)19-4-3-6(16-19)10(11,12)13/h3-4,20H,1-2H3,(H2,14,17). The quantitative estimate of drug-likeness (QED) is 0.373. The number of amidine groups is 1. The third-order valence-electron chi connectivity index (χ3n) is 2.65. The van der Waals surface area contributed by atoms with Gasteiger partial charge < -0.3 is 10.9 Å². The molecule has 0 radical (unpaired) electrons. The Balaban J connectivity index is 2.61. The second kappa shape index (κ2) is 4.54. The van der Waals surface area contributed by atoms with Crippen LogP contribution in [0.1, 0.15) is 17.0 Å².